The van der Waals surface area contributed by atoms with E-state index in [-0.39, 0.29) is 18.3 Å². The molecule has 0 atom stereocenters. The Morgan fingerprint density at radius 2 is 1.89 bits per heavy atom. The highest BCUT2D eigenvalue weighted by Crippen LogP contribution is 2.18. The molecule has 0 N–H and O–H groups in total. The van der Waals surface area contributed by atoms with Crippen molar-refractivity contribution in [2.75, 3.05) is 0 Å². The number of halogens is 1. The van der Waals surface area contributed by atoms with Gasteiger partial charge in [0.15, 0.2) is 0 Å². The zero-order valence-corrected chi connectivity index (χ0v) is 15.8. The van der Waals surface area contributed by atoms with Crippen LogP contribution in [0.15, 0.2) is 63.1 Å². The average Bonchev–Trinajstić information content (AvgIpc) is 3.29. The number of nitrogens with zero attached hydrogens (tertiary/aromatic N) is 3. The Labute approximate surface area is 163 Å². The minimum Gasteiger partial charge on any atom is -0.486 e. The van der Waals surface area contributed by atoms with Crippen LogP contribution in [0.25, 0.3) is 11.5 Å². The number of hydrogen-bond donors (Lipinski definition) is 0. The maximum absolute atomic E-state index is 13.0. The summed E-state index contributed by atoms with van der Waals surface area (Å²) in [5.41, 5.74) is 2.39. The predicted molar refractivity (Wildman–Crippen MR) is 103 cm³/mol. The molecule has 28 heavy (non-hydrogen) atoms. The summed E-state index contributed by atoms with van der Waals surface area (Å²) in [6.45, 7) is 2.55. The lowest BCUT2D eigenvalue weighted by Gasteiger charge is -2.03. The second-order valence-corrected chi connectivity index (χ2v) is 7.11. The standard InChI is InChI=1S/C20H16FN3O3S/c1-13-2-8-17(9-3-13)26-11-18-22-16(12-28-18)10-24-20(25)27-19(23-24)14-4-6-15(21)7-5-14/h2-9,12H,10-11H2,1H3. The lowest BCUT2D eigenvalue weighted by Crippen LogP contribution is -2.16. The fourth-order valence-corrected chi connectivity index (χ4v) is 3.23. The number of aryl methyl sites for hydroxylation is 1. The highest BCUT2D eigenvalue weighted by molar-refractivity contribution is 7.09. The van der Waals surface area contributed by atoms with Crippen molar-refractivity contribution in [2.24, 2.45) is 0 Å². The molecule has 0 aliphatic carbocycles. The third kappa shape index (κ3) is 4.17. The van der Waals surface area contributed by atoms with Gasteiger partial charge in [-0.05, 0) is 43.3 Å². The fourth-order valence-electron chi connectivity index (χ4n) is 2.54. The second-order valence-electron chi connectivity index (χ2n) is 6.17. The van der Waals surface area contributed by atoms with Gasteiger partial charge in [0, 0.05) is 10.9 Å². The molecule has 8 heteroatoms. The molecule has 0 radical (unpaired) electrons. The molecule has 0 aliphatic heterocycles. The summed E-state index contributed by atoms with van der Waals surface area (Å²) in [6.07, 6.45) is 0. The van der Waals surface area contributed by atoms with E-state index < -0.39 is 5.76 Å². The van der Waals surface area contributed by atoms with Crippen molar-refractivity contribution >= 4 is 11.3 Å². The summed E-state index contributed by atoms with van der Waals surface area (Å²) in [6, 6.07) is 13.4. The van der Waals surface area contributed by atoms with Gasteiger partial charge in [0.25, 0.3) is 0 Å². The van der Waals surface area contributed by atoms with Crippen LogP contribution in [0, 0.1) is 12.7 Å². The van der Waals surface area contributed by atoms with Gasteiger partial charge in [-0.1, -0.05) is 17.7 Å². The molecule has 0 unspecified atom stereocenters. The van der Waals surface area contributed by atoms with Gasteiger partial charge in [0.05, 0.1) is 12.2 Å². The number of benzene rings is 2. The monoisotopic (exact) mass is 397 g/mol. The zero-order chi connectivity index (χ0) is 19.5. The van der Waals surface area contributed by atoms with Crippen molar-refractivity contribution in [2.45, 2.75) is 20.1 Å². The van der Waals surface area contributed by atoms with Gasteiger partial charge < -0.3 is 9.15 Å². The number of rotatable bonds is 6. The van der Waals surface area contributed by atoms with Gasteiger partial charge in [-0.3, -0.25) is 0 Å². The van der Waals surface area contributed by atoms with Crippen LogP contribution >= 0.6 is 11.3 Å². The third-order valence-electron chi connectivity index (χ3n) is 3.99. The number of hydrogen-bond acceptors (Lipinski definition) is 6. The minimum absolute atomic E-state index is 0.142. The van der Waals surface area contributed by atoms with E-state index >= 15 is 0 Å². The molecule has 0 aliphatic rings. The van der Waals surface area contributed by atoms with E-state index in [1.807, 2.05) is 36.6 Å². The van der Waals surface area contributed by atoms with Crippen molar-refractivity contribution < 1.29 is 13.5 Å². The van der Waals surface area contributed by atoms with Crippen LogP contribution in [0.2, 0.25) is 0 Å². The first-order valence-corrected chi connectivity index (χ1v) is 9.41. The summed E-state index contributed by atoms with van der Waals surface area (Å²) >= 11 is 1.45. The van der Waals surface area contributed by atoms with E-state index in [0.717, 1.165) is 10.8 Å². The molecular formula is C20H16FN3O3S. The molecule has 4 aromatic rings. The highest BCUT2D eigenvalue weighted by atomic mass is 32.1. The molecule has 2 aromatic carbocycles. The molecule has 142 valence electrons. The molecule has 2 heterocycles. The van der Waals surface area contributed by atoms with E-state index in [1.54, 1.807) is 0 Å². The summed E-state index contributed by atoms with van der Waals surface area (Å²) in [5, 5.41) is 6.82. The van der Waals surface area contributed by atoms with Crippen LogP contribution < -0.4 is 10.5 Å². The molecule has 0 bridgehead atoms. The predicted octanol–water partition coefficient (Wildman–Crippen LogP) is 4.03. The molecule has 0 amide bonds. The van der Waals surface area contributed by atoms with Gasteiger partial charge in [-0.2, -0.15) is 4.68 Å². The van der Waals surface area contributed by atoms with Gasteiger partial charge in [-0.15, -0.1) is 16.4 Å². The Morgan fingerprint density at radius 3 is 2.64 bits per heavy atom. The van der Waals surface area contributed by atoms with Gasteiger partial charge >= 0.3 is 5.76 Å². The smallest absolute Gasteiger partial charge is 0.437 e. The van der Waals surface area contributed by atoms with Crippen LogP contribution in [-0.2, 0) is 13.2 Å². The summed E-state index contributed by atoms with van der Waals surface area (Å²) in [4.78, 5) is 16.5. The van der Waals surface area contributed by atoms with Crippen LogP contribution in [0.1, 0.15) is 16.3 Å². The molecule has 0 saturated heterocycles. The van der Waals surface area contributed by atoms with E-state index in [0.29, 0.717) is 17.9 Å². The van der Waals surface area contributed by atoms with Crippen LogP contribution in [0.4, 0.5) is 4.39 Å². The maximum atomic E-state index is 13.0. The summed E-state index contributed by atoms with van der Waals surface area (Å²) in [5.74, 6) is -0.0414. The Morgan fingerprint density at radius 1 is 1.14 bits per heavy atom. The zero-order valence-electron chi connectivity index (χ0n) is 15.0. The molecular weight excluding hydrogens is 381 g/mol. The quantitative estimate of drug-likeness (QED) is 0.491. The molecule has 0 saturated carbocycles. The first kappa shape index (κ1) is 18.1. The maximum Gasteiger partial charge on any atom is 0.437 e. The van der Waals surface area contributed by atoms with Crippen molar-refractivity contribution in [3.05, 3.63) is 86.5 Å². The van der Waals surface area contributed by atoms with Gasteiger partial charge in [0.1, 0.15) is 23.2 Å². The molecule has 6 nitrogen and oxygen atoms in total. The molecule has 0 fully saturated rings. The fraction of sp³-hybridized carbons (Fsp3) is 0.150. The second kappa shape index (κ2) is 7.77. The first-order chi connectivity index (χ1) is 13.6. The average molecular weight is 397 g/mol. The largest absolute Gasteiger partial charge is 0.486 e. The summed E-state index contributed by atoms with van der Waals surface area (Å²) in [7, 11) is 0. The van der Waals surface area contributed by atoms with E-state index in [4.69, 9.17) is 9.15 Å². The number of thiazole rings is 1. The first-order valence-electron chi connectivity index (χ1n) is 8.53. The van der Waals surface area contributed by atoms with E-state index in [2.05, 4.69) is 10.1 Å². The SMILES string of the molecule is Cc1ccc(OCc2nc(Cn3nc(-c4ccc(F)cc4)oc3=O)cs2)cc1. The Balaban J connectivity index is 1.43. The highest BCUT2D eigenvalue weighted by Gasteiger charge is 2.12. The number of aromatic nitrogens is 3. The van der Waals surface area contributed by atoms with Crippen LogP contribution in [-0.4, -0.2) is 14.8 Å². The normalized spacial score (nSPS) is 10.9. The minimum atomic E-state index is -0.593. The lowest BCUT2D eigenvalue weighted by atomic mass is 10.2. The van der Waals surface area contributed by atoms with Gasteiger partial charge in [-0.25, -0.2) is 14.2 Å². The topological polar surface area (TPSA) is 70.2 Å². The Kier molecular flexibility index (Phi) is 5.03. The summed E-state index contributed by atoms with van der Waals surface area (Å²) < 4.78 is 25.1. The van der Waals surface area contributed by atoms with Crippen LogP contribution in [0.5, 0.6) is 5.75 Å². The van der Waals surface area contributed by atoms with Crippen molar-refractivity contribution in [3.8, 4) is 17.2 Å². The van der Waals surface area contributed by atoms with Crippen molar-refractivity contribution in [3.63, 3.8) is 0 Å². The van der Waals surface area contributed by atoms with E-state index in [1.165, 1.54) is 45.8 Å². The van der Waals surface area contributed by atoms with Crippen molar-refractivity contribution in [1.29, 1.82) is 0 Å². The van der Waals surface area contributed by atoms with Gasteiger partial charge in [0.2, 0.25) is 5.89 Å². The van der Waals surface area contributed by atoms with Crippen LogP contribution in [0.3, 0.4) is 0 Å². The Bertz CT molecular complexity index is 1130. The molecule has 0 spiro atoms. The molecule has 2 aromatic heterocycles. The number of ether oxygens (including phenoxy) is 1. The Hall–Kier alpha value is -3.26. The van der Waals surface area contributed by atoms with E-state index in [9.17, 15) is 9.18 Å². The lowest BCUT2D eigenvalue weighted by molar-refractivity contribution is 0.305. The third-order valence-corrected chi connectivity index (χ3v) is 4.86. The molecule has 4 rings (SSSR count). The van der Waals surface area contributed by atoms with Crippen molar-refractivity contribution in [1.82, 2.24) is 14.8 Å².